The van der Waals surface area contributed by atoms with Crippen LogP contribution in [0.3, 0.4) is 0 Å². The van der Waals surface area contributed by atoms with Crippen molar-refractivity contribution in [3.05, 3.63) is 0 Å². The minimum absolute atomic E-state index is 0.0312. The van der Waals surface area contributed by atoms with Gasteiger partial charge in [-0.15, -0.1) is 0 Å². The molecule has 0 bridgehead atoms. The molecule has 3 atom stereocenters. The Morgan fingerprint density at radius 1 is 1.45 bits per heavy atom. The number of carbonyl (C=O) groups excluding carboxylic acids is 1. The highest BCUT2D eigenvalue weighted by Gasteiger charge is 2.39. The lowest BCUT2D eigenvalue weighted by molar-refractivity contribution is -0.137. The summed E-state index contributed by atoms with van der Waals surface area (Å²) in [5, 5.41) is 12.4. The number of nitrogens with one attached hydrogen (secondary N) is 1. The lowest BCUT2D eigenvalue weighted by atomic mass is 10.0. The van der Waals surface area contributed by atoms with Gasteiger partial charge in [0.25, 0.3) is 0 Å². The molecule has 2 aliphatic heterocycles. The Labute approximate surface area is 121 Å². The predicted octanol–water partition coefficient (Wildman–Crippen LogP) is 0.764. The normalized spacial score (nSPS) is 30.1. The molecule has 2 N–H and O–H groups in total. The molecule has 0 spiro atoms. The lowest BCUT2D eigenvalue weighted by Gasteiger charge is -2.29. The molecule has 0 aromatic heterocycles. The van der Waals surface area contributed by atoms with Crippen molar-refractivity contribution in [2.75, 3.05) is 32.9 Å². The van der Waals surface area contributed by atoms with Crippen LogP contribution in [-0.4, -0.2) is 60.9 Å². The Balaban J connectivity index is 1.91. The molecule has 116 valence electrons. The van der Waals surface area contributed by atoms with E-state index in [1.165, 1.54) is 0 Å². The van der Waals surface area contributed by atoms with Crippen molar-refractivity contribution >= 4 is 5.91 Å². The number of carbonyl (C=O) groups is 1. The monoisotopic (exact) mass is 284 g/mol. The van der Waals surface area contributed by atoms with Crippen molar-refractivity contribution < 1.29 is 14.6 Å². The topological polar surface area (TPSA) is 61.8 Å². The summed E-state index contributed by atoms with van der Waals surface area (Å²) < 4.78 is 5.51. The van der Waals surface area contributed by atoms with Crippen LogP contribution in [0, 0.1) is 5.92 Å². The fourth-order valence-electron chi connectivity index (χ4n) is 3.29. The van der Waals surface area contributed by atoms with E-state index in [4.69, 9.17) is 9.84 Å². The van der Waals surface area contributed by atoms with Gasteiger partial charge in [0.15, 0.2) is 0 Å². The maximum absolute atomic E-state index is 12.7. The zero-order valence-electron chi connectivity index (χ0n) is 12.5. The Morgan fingerprint density at radius 3 is 3.05 bits per heavy atom. The van der Waals surface area contributed by atoms with E-state index in [0.29, 0.717) is 19.3 Å². The van der Waals surface area contributed by atoms with Crippen LogP contribution in [0.5, 0.6) is 0 Å². The van der Waals surface area contributed by atoms with Gasteiger partial charge in [-0.1, -0.05) is 6.92 Å². The highest BCUT2D eigenvalue weighted by Crippen LogP contribution is 2.26. The second kappa shape index (κ2) is 7.96. The van der Waals surface area contributed by atoms with Crippen LogP contribution >= 0.6 is 0 Å². The van der Waals surface area contributed by atoms with Gasteiger partial charge >= 0.3 is 0 Å². The largest absolute Gasteiger partial charge is 0.396 e. The highest BCUT2D eigenvalue weighted by atomic mass is 16.5. The fourth-order valence-corrected chi connectivity index (χ4v) is 3.29. The zero-order valence-corrected chi connectivity index (χ0v) is 12.5. The number of hydrogen-bond donors (Lipinski definition) is 2. The molecule has 3 unspecified atom stereocenters. The average Bonchev–Trinajstić information content (AvgIpc) is 3.10. The van der Waals surface area contributed by atoms with Crippen molar-refractivity contribution in [2.24, 2.45) is 5.92 Å². The smallest absolute Gasteiger partial charge is 0.229 e. The minimum Gasteiger partial charge on any atom is -0.396 e. The van der Waals surface area contributed by atoms with Gasteiger partial charge in [-0.2, -0.15) is 0 Å². The molecular weight excluding hydrogens is 256 g/mol. The van der Waals surface area contributed by atoms with Crippen molar-refractivity contribution in [1.29, 1.82) is 0 Å². The third-order valence-electron chi connectivity index (χ3n) is 4.41. The number of amides is 1. The minimum atomic E-state index is -0.0312. The first-order valence-electron chi connectivity index (χ1n) is 8.00. The van der Waals surface area contributed by atoms with E-state index in [1.54, 1.807) is 0 Å². The van der Waals surface area contributed by atoms with Crippen molar-refractivity contribution in [3.8, 4) is 0 Å². The number of likely N-dealkylation sites (tertiary alicyclic amines) is 1. The van der Waals surface area contributed by atoms with E-state index in [2.05, 4.69) is 12.2 Å². The van der Waals surface area contributed by atoms with Crippen LogP contribution in [0.1, 0.15) is 39.0 Å². The zero-order chi connectivity index (χ0) is 14.4. The molecule has 5 nitrogen and oxygen atoms in total. The summed E-state index contributed by atoms with van der Waals surface area (Å²) in [5.74, 6) is 0.216. The molecule has 1 amide bonds. The molecule has 5 heteroatoms. The number of ether oxygens (including phenoxy) is 1. The van der Waals surface area contributed by atoms with Gasteiger partial charge in [-0.25, -0.2) is 0 Å². The van der Waals surface area contributed by atoms with E-state index in [0.717, 1.165) is 45.2 Å². The Hall–Kier alpha value is -0.650. The van der Waals surface area contributed by atoms with Gasteiger partial charge in [0, 0.05) is 25.2 Å². The van der Waals surface area contributed by atoms with Gasteiger partial charge in [0.05, 0.1) is 19.1 Å². The molecule has 0 aromatic rings. The van der Waals surface area contributed by atoms with Crippen LogP contribution in [0.15, 0.2) is 0 Å². The van der Waals surface area contributed by atoms with Crippen molar-refractivity contribution in [3.63, 3.8) is 0 Å². The van der Waals surface area contributed by atoms with Crippen LogP contribution < -0.4 is 5.32 Å². The van der Waals surface area contributed by atoms with Crippen molar-refractivity contribution in [1.82, 2.24) is 10.2 Å². The summed E-state index contributed by atoms with van der Waals surface area (Å²) in [6.07, 6.45) is 4.94. The van der Waals surface area contributed by atoms with E-state index >= 15 is 0 Å². The summed E-state index contributed by atoms with van der Waals surface area (Å²) >= 11 is 0. The summed E-state index contributed by atoms with van der Waals surface area (Å²) in [6.45, 7) is 5.34. The van der Waals surface area contributed by atoms with E-state index < -0.39 is 0 Å². The second-order valence-electron chi connectivity index (χ2n) is 5.90. The van der Waals surface area contributed by atoms with E-state index in [9.17, 15) is 4.79 Å². The molecule has 0 aliphatic carbocycles. The van der Waals surface area contributed by atoms with Crippen LogP contribution in [-0.2, 0) is 9.53 Å². The first kappa shape index (κ1) is 15.7. The first-order chi connectivity index (χ1) is 9.77. The summed E-state index contributed by atoms with van der Waals surface area (Å²) in [6, 6.07) is 0.489. The predicted molar refractivity (Wildman–Crippen MR) is 77.4 cm³/mol. The maximum atomic E-state index is 12.7. The number of rotatable bonds is 7. The molecule has 2 aliphatic rings. The molecular formula is C15H28N2O3. The standard InChI is InChI=1S/C15H28N2O3/c1-2-7-16-14-11-20-10-13(14)15(19)17-8-3-5-12(17)6-4-9-18/h12-14,16,18H,2-11H2,1H3. The molecule has 2 rings (SSSR count). The lowest BCUT2D eigenvalue weighted by Crippen LogP contribution is -2.47. The third kappa shape index (κ3) is 3.71. The van der Waals surface area contributed by atoms with Crippen LogP contribution in [0.2, 0.25) is 0 Å². The molecule has 2 fully saturated rings. The molecule has 2 saturated heterocycles. The molecule has 2 heterocycles. The van der Waals surface area contributed by atoms with Gasteiger partial charge in [-0.3, -0.25) is 4.79 Å². The van der Waals surface area contributed by atoms with Crippen LogP contribution in [0.4, 0.5) is 0 Å². The van der Waals surface area contributed by atoms with Gasteiger partial charge in [0.2, 0.25) is 5.91 Å². The molecule has 20 heavy (non-hydrogen) atoms. The Kier molecular flexibility index (Phi) is 6.26. The summed E-state index contributed by atoms with van der Waals surface area (Å²) in [7, 11) is 0. The first-order valence-corrected chi connectivity index (χ1v) is 8.00. The third-order valence-corrected chi connectivity index (χ3v) is 4.41. The summed E-state index contributed by atoms with van der Waals surface area (Å²) in [4.78, 5) is 14.8. The van der Waals surface area contributed by atoms with Gasteiger partial charge < -0.3 is 20.1 Å². The van der Waals surface area contributed by atoms with Gasteiger partial charge in [-0.05, 0) is 38.6 Å². The number of nitrogens with zero attached hydrogens (tertiary/aromatic N) is 1. The van der Waals surface area contributed by atoms with E-state index in [-0.39, 0.29) is 24.5 Å². The number of aliphatic hydroxyl groups is 1. The Morgan fingerprint density at radius 2 is 2.30 bits per heavy atom. The summed E-state index contributed by atoms with van der Waals surface area (Å²) in [5.41, 5.74) is 0. The number of aliphatic hydroxyl groups excluding tert-OH is 1. The quantitative estimate of drug-likeness (QED) is 0.725. The maximum Gasteiger partial charge on any atom is 0.229 e. The Bertz CT molecular complexity index is 283. The fraction of sp³-hybridized carbons (Fsp3) is 0.933. The average molecular weight is 284 g/mol. The second-order valence-corrected chi connectivity index (χ2v) is 5.90. The molecule has 0 aromatic carbocycles. The number of hydrogen-bond acceptors (Lipinski definition) is 4. The highest BCUT2D eigenvalue weighted by molar-refractivity contribution is 5.80. The van der Waals surface area contributed by atoms with Crippen LogP contribution in [0.25, 0.3) is 0 Å². The van der Waals surface area contributed by atoms with Gasteiger partial charge in [0.1, 0.15) is 0 Å². The molecule has 0 saturated carbocycles. The SMILES string of the molecule is CCCNC1COCC1C(=O)N1CCCC1CCCO. The molecule has 0 radical (unpaired) electrons. The van der Waals surface area contributed by atoms with Crippen molar-refractivity contribution in [2.45, 2.75) is 51.1 Å². The van der Waals surface area contributed by atoms with E-state index in [1.807, 2.05) is 4.90 Å².